The first kappa shape index (κ1) is 15.1. The quantitative estimate of drug-likeness (QED) is 0.860. The van der Waals surface area contributed by atoms with Crippen molar-refractivity contribution in [3.8, 4) is 0 Å². The molecule has 1 unspecified atom stereocenters. The Bertz CT molecular complexity index is 501. The van der Waals surface area contributed by atoms with Crippen LogP contribution in [-0.4, -0.2) is 23.5 Å². The van der Waals surface area contributed by atoms with Crippen LogP contribution in [-0.2, 0) is 4.79 Å². The molecule has 1 atom stereocenters. The lowest BCUT2D eigenvalue weighted by Gasteiger charge is -2.23. The van der Waals surface area contributed by atoms with Gasteiger partial charge < -0.3 is 10.4 Å². The third kappa shape index (κ3) is 3.53. The fraction of sp³-hybridized carbons (Fsp3) is 0.429. The summed E-state index contributed by atoms with van der Waals surface area (Å²) in [6.45, 7) is 4.93. The molecular weight excluding hydrogens is 249 g/mol. The van der Waals surface area contributed by atoms with E-state index in [0.717, 1.165) is 0 Å². The molecule has 5 heteroatoms. The first-order chi connectivity index (χ1) is 8.80. The summed E-state index contributed by atoms with van der Waals surface area (Å²) >= 11 is 0. The van der Waals surface area contributed by atoms with Crippen LogP contribution >= 0.6 is 0 Å². The second-order valence-corrected chi connectivity index (χ2v) is 4.87. The highest BCUT2D eigenvalue weighted by Gasteiger charge is 2.31. The fourth-order valence-corrected chi connectivity index (χ4v) is 1.52. The summed E-state index contributed by atoms with van der Waals surface area (Å²) in [4.78, 5) is 23.0. The minimum absolute atomic E-state index is 0.0358. The number of aryl methyl sites for hydroxylation is 1. The molecule has 104 valence electrons. The van der Waals surface area contributed by atoms with Gasteiger partial charge in [-0.3, -0.25) is 9.59 Å². The molecule has 2 N–H and O–H groups in total. The molecule has 1 aromatic carbocycles. The average Bonchev–Trinajstić information content (AvgIpc) is 2.38. The maximum absolute atomic E-state index is 13.1. The van der Waals surface area contributed by atoms with Crippen LogP contribution < -0.4 is 5.32 Å². The van der Waals surface area contributed by atoms with Gasteiger partial charge in [0.2, 0.25) is 0 Å². The van der Waals surface area contributed by atoms with Crippen molar-refractivity contribution in [3.05, 3.63) is 35.1 Å². The molecule has 4 nitrogen and oxygen atoms in total. The number of hydrogen-bond acceptors (Lipinski definition) is 2. The minimum atomic E-state index is -0.995. The van der Waals surface area contributed by atoms with Gasteiger partial charge >= 0.3 is 5.97 Å². The van der Waals surface area contributed by atoms with Crippen LogP contribution in [0, 0.1) is 18.2 Å². The molecule has 19 heavy (non-hydrogen) atoms. The molecule has 0 heterocycles. The number of hydrogen-bond donors (Lipinski definition) is 2. The summed E-state index contributed by atoms with van der Waals surface area (Å²) in [5.41, 5.74) is -0.294. The number of carboxylic acid groups (broad SMARTS) is 1. The molecule has 0 aromatic heterocycles. The van der Waals surface area contributed by atoms with E-state index in [4.69, 9.17) is 5.11 Å². The lowest BCUT2D eigenvalue weighted by molar-refractivity contribution is -0.147. The van der Waals surface area contributed by atoms with Crippen molar-refractivity contribution in [1.29, 1.82) is 0 Å². The molecule has 0 aliphatic rings. The van der Waals surface area contributed by atoms with Crippen LogP contribution in [0.5, 0.6) is 0 Å². The monoisotopic (exact) mass is 267 g/mol. The highest BCUT2D eigenvalue weighted by atomic mass is 19.1. The Hall–Kier alpha value is -1.91. The van der Waals surface area contributed by atoms with E-state index in [9.17, 15) is 14.0 Å². The molecule has 0 aliphatic carbocycles. The maximum Gasteiger partial charge on any atom is 0.311 e. The maximum atomic E-state index is 13.1. The van der Waals surface area contributed by atoms with Gasteiger partial charge in [-0.05, 0) is 44.0 Å². The number of nitrogens with one attached hydrogen (secondary N) is 1. The Morgan fingerprint density at radius 2 is 2.05 bits per heavy atom. The Kier molecular flexibility index (Phi) is 4.64. The highest BCUT2D eigenvalue weighted by Crippen LogP contribution is 2.20. The summed E-state index contributed by atoms with van der Waals surface area (Å²) in [6.07, 6.45) is 0.408. The zero-order valence-electron chi connectivity index (χ0n) is 11.3. The lowest BCUT2D eigenvalue weighted by atomic mass is 9.87. The Balaban J connectivity index is 2.75. The van der Waals surface area contributed by atoms with Gasteiger partial charge in [-0.1, -0.05) is 6.92 Å². The molecule has 0 saturated carbocycles. The van der Waals surface area contributed by atoms with E-state index in [1.807, 2.05) is 0 Å². The van der Waals surface area contributed by atoms with Gasteiger partial charge in [0.25, 0.3) is 5.91 Å². The molecule has 0 bridgehead atoms. The second-order valence-electron chi connectivity index (χ2n) is 4.87. The first-order valence-corrected chi connectivity index (χ1v) is 6.08. The van der Waals surface area contributed by atoms with E-state index in [2.05, 4.69) is 5.32 Å². The van der Waals surface area contributed by atoms with Crippen molar-refractivity contribution in [2.24, 2.45) is 5.41 Å². The van der Waals surface area contributed by atoms with Crippen LogP contribution in [0.2, 0.25) is 0 Å². The number of aliphatic carboxylic acids is 1. The van der Waals surface area contributed by atoms with Crippen LogP contribution in [0.4, 0.5) is 4.39 Å². The topological polar surface area (TPSA) is 66.4 Å². The van der Waals surface area contributed by atoms with Crippen molar-refractivity contribution in [2.45, 2.75) is 27.2 Å². The van der Waals surface area contributed by atoms with Crippen LogP contribution in [0.15, 0.2) is 18.2 Å². The summed E-state index contributed by atoms with van der Waals surface area (Å²) in [5.74, 6) is -1.73. The van der Waals surface area contributed by atoms with Crippen molar-refractivity contribution >= 4 is 11.9 Å². The number of amides is 1. The van der Waals surface area contributed by atoms with Crippen LogP contribution in [0.25, 0.3) is 0 Å². The molecule has 0 radical (unpaired) electrons. The van der Waals surface area contributed by atoms with E-state index in [1.54, 1.807) is 20.8 Å². The Morgan fingerprint density at radius 3 is 2.53 bits per heavy atom. The molecule has 0 aliphatic heterocycles. The van der Waals surface area contributed by atoms with E-state index in [1.165, 1.54) is 18.2 Å². The Morgan fingerprint density at radius 1 is 1.42 bits per heavy atom. The van der Waals surface area contributed by atoms with Gasteiger partial charge in [-0.15, -0.1) is 0 Å². The molecule has 0 fully saturated rings. The first-order valence-electron chi connectivity index (χ1n) is 6.08. The minimum Gasteiger partial charge on any atom is -0.481 e. The summed E-state index contributed by atoms with van der Waals surface area (Å²) < 4.78 is 13.1. The highest BCUT2D eigenvalue weighted by molar-refractivity contribution is 5.94. The number of carbonyl (C=O) groups excluding carboxylic acids is 1. The van der Waals surface area contributed by atoms with Crippen molar-refractivity contribution < 1.29 is 19.1 Å². The molecular formula is C14H18FNO3. The Labute approximate surface area is 111 Å². The third-order valence-electron chi connectivity index (χ3n) is 3.36. The summed E-state index contributed by atoms with van der Waals surface area (Å²) in [5, 5.41) is 11.7. The summed E-state index contributed by atoms with van der Waals surface area (Å²) in [7, 11) is 0. The van der Waals surface area contributed by atoms with Crippen LogP contribution in [0.1, 0.15) is 36.2 Å². The number of benzene rings is 1. The number of rotatable bonds is 5. The molecule has 0 spiro atoms. The molecule has 1 rings (SSSR count). The zero-order valence-corrected chi connectivity index (χ0v) is 11.3. The van der Waals surface area contributed by atoms with E-state index in [0.29, 0.717) is 17.5 Å². The van der Waals surface area contributed by atoms with Crippen molar-refractivity contribution in [1.82, 2.24) is 5.32 Å². The average molecular weight is 267 g/mol. The third-order valence-corrected chi connectivity index (χ3v) is 3.36. The van der Waals surface area contributed by atoms with E-state index in [-0.39, 0.29) is 12.4 Å². The van der Waals surface area contributed by atoms with Crippen molar-refractivity contribution in [2.75, 3.05) is 6.54 Å². The van der Waals surface area contributed by atoms with Crippen molar-refractivity contribution in [3.63, 3.8) is 0 Å². The van der Waals surface area contributed by atoms with Gasteiger partial charge in [0.05, 0.1) is 5.41 Å². The van der Waals surface area contributed by atoms with Crippen LogP contribution in [0.3, 0.4) is 0 Å². The largest absolute Gasteiger partial charge is 0.481 e. The molecule has 0 saturated heterocycles. The molecule has 1 aromatic rings. The van der Waals surface area contributed by atoms with Gasteiger partial charge in [0.15, 0.2) is 0 Å². The van der Waals surface area contributed by atoms with Gasteiger partial charge in [0, 0.05) is 12.1 Å². The van der Waals surface area contributed by atoms with Gasteiger partial charge in [-0.2, -0.15) is 0 Å². The van der Waals surface area contributed by atoms with Gasteiger partial charge in [0.1, 0.15) is 5.82 Å². The zero-order chi connectivity index (χ0) is 14.6. The normalized spacial score (nSPS) is 13.7. The summed E-state index contributed by atoms with van der Waals surface area (Å²) in [6, 6.07) is 4.04. The SMILES string of the molecule is CCC(C)(CNC(=O)c1ccc(F)c(C)c1)C(=O)O. The number of carboxylic acids is 1. The van der Waals surface area contributed by atoms with E-state index >= 15 is 0 Å². The fourth-order valence-electron chi connectivity index (χ4n) is 1.52. The van der Waals surface area contributed by atoms with Gasteiger partial charge in [-0.25, -0.2) is 4.39 Å². The van der Waals surface area contributed by atoms with E-state index < -0.39 is 17.3 Å². The predicted octanol–water partition coefficient (Wildman–Crippen LogP) is 2.36. The standard InChI is InChI=1S/C14H18FNO3/c1-4-14(3,13(18)19)8-16-12(17)10-5-6-11(15)9(2)7-10/h5-7H,4,8H2,1-3H3,(H,16,17)(H,18,19). The lowest BCUT2D eigenvalue weighted by Crippen LogP contribution is -2.40. The number of carbonyl (C=O) groups is 2. The smallest absolute Gasteiger partial charge is 0.311 e. The predicted molar refractivity (Wildman–Crippen MR) is 69.5 cm³/mol. The second kappa shape index (κ2) is 5.82. The molecule has 1 amide bonds. The number of halogens is 1.